The van der Waals surface area contributed by atoms with E-state index in [1.807, 2.05) is 29.9 Å². The molecule has 2 rings (SSSR count). The van der Waals surface area contributed by atoms with Crippen molar-refractivity contribution in [2.45, 2.75) is 19.4 Å². The zero-order valence-electron chi connectivity index (χ0n) is 10.7. The maximum Gasteiger partial charge on any atom is 0.123 e. The number of nitrogens with one attached hydrogen (secondary N) is 1. The first-order valence-corrected chi connectivity index (χ1v) is 6.12. The van der Waals surface area contributed by atoms with Crippen molar-refractivity contribution in [2.75, 3.05) is 6.54 Å². The molecule has 3 nitrogen and oxygen atoms in total. The first-order valence-electron chi connectivity index (χ1n) is 6.12. The van der Waals surface area contributed by atoms with Crippen LogP contribution < -0.4 is 5.32 Å². The van der Waals surface area contributed by atoms with E-state index in [1.165, 1.54) is 12.1 Å². The first kappa shape index (κ1) is 12.8. The van der Waals surface area contributed by atoms with Gasteiger partial charge in [0, 0.05) is 19.3 Å². The maximum absolute atomic E-state index is 12.7. The maximum atomic E-state index is 12.7. The molecule has 0 aliphatic heterocycles. The predicted octanol–water partition coefficient (Wildman–Crippen LogP) is 2.45. The molecule has 1 N–H and O–H groups in total. The lowest BCUT2D eigenvalue weighted by Crippen LogP contribution is -2.23. The van der Waals surface area contributed by atoms with Crippen LogP contribution in [0.3, 0.4) is 0 Å². The number of nitrogens with zero attached hydrogens (tertiary/aromatic N) is 2. The lowest BCUT2D eigenvalue weighted by molar-refractivity contribution is 0.532. The van der Waals surface area contributed by atoms with Gasteiger partial charge in [-0.15, -0.1) is 0 Å². The van der Waals surface area contributed by atoms with E-state index in [0.29, 0.717) is 0 Å². The van der Waals surface area contributed by atoms with Gasteiger partial charge in [-0.2, -0.15) is 5.10 Å². The van der Waals surface area contributed by atoms with E-state index < -0.39 is 0 Å². The standard InChI is InChI=1S/C14H18FN3/c1-11(14-8-10-17-18(14)2)16-9-7-12-3-5-13(15)6-4-12/h3-6,8,10-11,16H,7,9H2,1-2H3. The van der Waals surface area contributed by atoms with Crippen molar-refractivity contribution >= 4 is 0 Å². The SMILES string of the molecule is CC(NCCc1ccc(F)cc1)c1ccnn1C. The van der Waals surface area contributed by atoms with E-state index >= 15 is 0 Å². The van der Waals surface area contributed by atoms with Crippen LogP contribution >= 0.6 is 0 Å². The second kappa shape index (κ2) is 5.78. The minimum absolute atomic E-state index is 0.185. The molecule has 0 aliphatic rings. The molecule has 1 unspecified atom stereocenters. The fourth-order valence-electron chi connectivity index (χ4n) is 2.00. The number of hydrogen-bond acceptors (Lipinski definition) is 2. The number of hydrogen-bond donors (Lipinski definition) is 1. The predicted molar refractivity (Wildman–Crippen MR) is 69.7 cm³/mol. The highest BCUT2D eigenvalue weighted by Gasteiger charge is 2.07. The fourth-order valence-corrected chi connectivity index (χ4v) is 2.00. The lowest BCUT2D eigenvalue weighted by Gasteiger charge is -2.14. The number of benzene rings is 1. The van der Waals surface area contributed by atoms with Crippen molar-refractivity contribution in [3.63, 3.8) is 0 Å². The molecule has 1 aromatic heterocycles. The molecule has 1 heterocycles. The topological polar surface area (TPSA) is 29.9 Å². The summed E-state index contributed by atoms with van der Waals surface area (Å²) in [6.45, 7) is 2.97. The normalized spacial score (nSPS) is 12.6. The molecular formula is C14H18FN3. The quantitative estimate of drug-likeness (QED) is 0.879. The number of halogens is 1. The summed E-state index contributed by atoms with van der Waals surface area (Å²) < 4.78 is 14.6. The van der Waals surface area contributed by atoms with E-state index in [4.69, 9.17) is 0 Å². The summed E-state index contributed by atoms with van der Waals surface area (Å²) in [5.74, 6) is -0.185. The van der Waals surface area contributed by atoms with Gasteiger partial charge in [-0.1, -0.05) is 12.1 Å². The summed E-state index contributed by atoms with van der Waals surface area (Å²) in [6, 6.07) is 8.92. The summed E-state index contributed by atoms with van der Waals surface area (Å²) in [7, 11) is 1.94. The van der Waals surface area contributed by atoms with Crippen LogP contribution in [-0.2, 0) is 13.5 Å². The Morgan fingerprint density at radius 3 is 2.61 bits per heavy atom. The third-order valence-corrected chi connectivity index (χ3v) is 3.08. The van der Waals surface area contributed by atoms with Gasteiger partial charge in [-0.3, -0.25) is 4.68 Å². The monoisotopic (exact) mass is 247 g/mol. The molecule has 4 heteroatoms. The van der Waals surface area contributed by atoms with Crippen LogP contribution in [0.5, 0.6) is 0 Å². The van der Waals surface area contributed by atoms with Gasteiger partial charge in [0.15, 0.2) is 0 Å². The van der Waals surface area contributed by atoms with Crippen molar-refractivity contribution in [1.82, 2.24) is 15.1 Å². The molecule has 0 spiro atoms. The van der Waals surface area contributed by atoms with Crippen LogP contribution in [0.15, 0.2) is 36.5 Å². The fraction of sp³-hybridized carbons (Fsp3) is 0.357. The van der Waals surface area contributed by atoms with Gasteiger partial charge < -0.3 is 5.32 Å². The van der Waals surface area contributed by atoms with Gasteiger partial charge in [-0.25, -0.2) is 4.39 Å². The Morgan fingerprint density at radius 2 is 2.00 bits per heavy atom. The highest BCUT2D eigenvalue weighted by molar-refractivity contribution is 5.16. The minimum Gasteiger partial charge on any atom is -0.309 e. The average Bonchev–Trinajstić information content (AvgIpc) is 2.78. The Bertz CT molecular complexity index is 490. The van der Waals surface area contributed by atoms with E-state index in [0.717, 1.165) is 24.2 Å². The second-order valence-electron chi connectivity index (χ2n) is 4.43. The van der Waals surface area contributed by atoms with Crippen molar-refractivity contribution < 1.29 is 4.39 Å². The number of aromatic nitrogens is 2. The smallest absolute Gasteiger partial charge is 0.123 e. The van der Waals surface area contributed by atoms with Gasteiger partial charge in [0.2, 0.25) is 0 Å². The Kier molecular flexibility index (Phi) is 4.10. The van der Waals surface area contributed by atoms with Crippen LogP contribution in [-0.4, -0.2) is 16.3 Å². The zero-order chi connectivity index (χ0) is 13.0. The molecular weight excluding hydrogens is 229 g/mol. The van der Waals surface area contributed by atoms with Crippen molar-refractivity contribution in [3.05, 3.63) is 53.6 Å². The van der Waals surface area contributed by atoms with Gasteiger partial charge >= 0.3 is 0 Å². The van der Waals surface area contributed by atoms with E-state index in [-0.39, 0.29) is 11.9 Å². The van der Waals surface area contributed by atoms with Crippen molar-refractivity contribution in [1.29, 1.82) is 0 Å². The van der Waals surface area contributed by atoms with E-state index in [1.54, 1.807) is 6.20 Å². The highest BCUT2D eigenvalue weighted by atomic mass is 19.1. The zero-order valence-corrected chi connectivity index (χ0v) is 10.7. The van der Waals surface area contributed by atoms with E-state index in [9.17, 15) is 4.39 Å². The van der Waals surface area contributed by atoms with Crippen molar-refractivity contribution in [2.24, 2.45) is 7.05 Å². The summed E-state index contributed by atoms with van der Waals surface area (Å²) in [4.78, 5) is 0. The molecule has 1 atom stereocenters. The van der Waals surface area contributed by atoms with Crippen LogP contribution in [0.4, 0.5) is 4.39 Å². The lowest BCUT2D eigenvalue weighted by atomic mass is 10.1. The molecule has 0 aliphatic carbocycles. The largest absolute Gasteiger partial charge is 0.309 e. The summed E-state index contributed by atoms with van der Waals surface area (Å²) in [6.07, 6.45) is 2.69. The van der Waals surface area contributed by atoms with Crippen LogP contribution in [0.2, 0.25) is 0 Å². The Labute approximate surface area is 107 Å². The molecule has 1 aromatic carbocycles. The average molecular weight is 247 g/mol. The summed E-state index contributed by atoms with van der Waals surface area (Å²) >= 11 is 0. The first-order chi connectivity index (χ1) is 8.66. The highest BCUT2D eigenvalue weighted by Crippen LogP contribution is 2.10. The second-order valence-corrected chi connectivity index (χ2v) is 4.43. The number of rotatable bonds is 5. The Morgan fingerprint density at radius 1 is 1.28 bits per heavy atom. The van der Waals surface area contributed by atoms with Crippen LogP contribution in [0, 0.1) is 5.82 Å². The third-order valence-electron chi connectivity index (χ3n) is 3.08. The molecule has 96 valence electrons. The van der Waals surface area contributed by atoms with Gasteiger partial charge in [0.05, 0.1) is 5.69 Å². The Balaban J connectivity index is 1.82. The molecule has 0 amide bonds. The molecule has 18 heavy (non-hydrogen) atoms. The number of aryl methyl sites for hydroxylation is 1. The van der Waals surface area contributed by atoms with Gasteiger partial charge in [0.25, 0.3) is 0 Å². The van der Waals surface area contributed by atoms with E-state index in [2.05, 4.69) is 17.3 Å². The molecule has 2 aromatic rings. The minimum atomic E-state index is -0.185. The van der Waals surface area contributed by atoms with Crippen LogP contribution in [0.25, 0.3) is 0 Å². The molecule has 0 fully saturated rings. The summed E-state index contributed by atoms with van der Waals surface area (Å²) in [5, 5.41) is 7.58. The van der Waals surface area contributed by atoms with Crippen LogP contribution in [0.1, 0.15) is 24.2 Å². The Hall–Kier alpha value is -1.68. The third kappa shape index (κ3) is 3.17. The van der Waals surface area contributed by atoms with Crippen molar-refractivity contribution in [3.8, 4) is 0 Å². The summed E-state index contributed by atoms with van der Waals surface area (Å²) in [5.41, 5.74) is 2.30. The molecule has 0 radical (unpaired) electrons. The molecule has 0 bridgehead atoms. The van der Waals surface area contributed by atoms with Gasteiger partial charge in [-0.05, 0) is 43.7 Å². The van der Waals surface area contributed by atoms with Gasteiger partial charge in [0.1, 0.15) is 5.82 Å². The molecule has 0 saturated heterocycles. The molecule has 0 saturated carbocycles.